The summed E-state index contributed by atoms with van der Waals surface area (Å²) < 4.78 is 12.3. The second-order valence-corrected chi connectivity index (χ2v) is 9.85. The van der Waals surface area contributed by atoms with Gasteiger partial charge in [-0.3, -0.25) is 0 Å². The van der Waals surface area contributed by atoms with Crippen molar-refractivity contribution in [2.45, 2.75) is 64.3 Å². The average molecular weight is 468 g/mol. The highest BCUT2D eigenvalue weighted by Gasteiger charge is 2.17. The number of methoxy groups -OCH3 is 2. The van der Waals surface area contributed by atoms with Crippen LogP contribution in [-0.4, -0.2) is 38.3 Å². The van der Waals surface area contributed by atoms with Crippen molar-refractivity contribution in [2.75, 3.05) is 32.2 Å². The Kier molecular flexibility index (Phi) is 8.46. The molecule has 0 amide bonds. The molecule has 0 aliphatic heterocycles. The summed E-state index contributed by atoms with van der Waals surface area (Å²) in [7, 11) is 3.36. The molecule has 178 valence electrons. The number of thiazole rings is 1. The number of nitrogens with zero attached hydrogens (tertiary/aromatic N) is 2. The first-order chi connectivity index (χ1) is 16.2. The third kappa shape index (κ3) is 5.98. The lowest BCUT2D eigenvalue weighted by Gasteiger charge is -2.23. The third-order valence-corrected chi connectivity index (χ3v) is 7.65. The fourth-order valence-electron chi connectivity index (χ4n) is 4.63. The third-order valence-electron chi connectivity index (χ3n) is 6.61. The molecule has 0 atom stereocenters. The van der Waals surface area contributed by atoms with Gasteiger partial charge in [0.05, 0.1) is 24.4 Å². The summed E-state index contributed by atoms with van der Waals surface area (Å²) in [6.45, 7) is 4.25. The number of unbranched alkanes of at least 4 members (excludes halogenated alkanes) is 2. The molecule has 1 heterocycles. The minimum atomic E-state index is 0.746. The van der Waals surface area contributed by atoms with Crippen molar-refractivity contribution in [1.29, 1.82) is 0 Å². The van der Waals surface area contributed by atoms with Gasteiger partial charge < -0.3 is 19.7 Å². The lowest BCUT2D eigenvalue weighted by molar-refractivity contribution is 0.355. The second-order valence-electron chi connectivity index (χ2n) is 8.84. The molecule has 6 heteroatoms. The van der Waals surface area contributed by atoms with Crippen molar-refractivity contribution in [3.05, 3.63) is 42.0 Å². The number of anilines is 2. The van der Waals surface area contributed by atoms with E-state index in [9.17, 15) is 0 Å². The van der Waals surface area contributed by atoms with Crippen LogP contribution in [0, 0.1) is 0 Å². The molecule has 0 saturated heterocycles. The molecule has 1 aliphatic rings. The van der Waals surface area contributed by atoms with Crippen molar-refractivity contribution >= 4 is 32.4 Å². The van der Waals surface area contributed by atoms with Crippen LogP contribution in [0.2, 0.25) is 0 Å². The van der Waals surface area contributed by atoms with Gasteiger partial charge in [-0.1, -0.05) is 43.6 Å². The standard InChI is InChI=1S/C27H37N3O2S/c1-4-20-12-14-23-26(18-20)33-27(29-23)30(22-13-15-24(31-2)25(19-22)32-3)17-9-5-8-16-28-21-10-6-7-11-21/h12-15,18-19,21,28H,4-11,16-17H2,1-3H3. The normalized spacial score (nSPS) is 14.2. The van der Waals surface area contributed by atoms with Crippen LogP contribution < -0.4 is 19.7 Å². The van der Waals surface area contributed by atoms with E-state index >= 15 is 0 Å². The molecule has 1 saturated carbocycles. The van der Waals surface area contributed by atoms with E-state index in [0.717, 1.165) is 59.8 Å². The quantitative estimate of drug-likeness (QED) is 0.300. The molecular formula is C27H37N3O2S. The van der Waals surface area contributed by atoms with E-state index in [-0.39, 0.29) is 0 Å². The van der Waals surface area contributed by atoms with Crippen LogP contribution in [0.25, 0.3) is 10.2 Å². The van der Waals surface area contributed by atoms with E-state index in [1.165, 1.54) is 48.8 Å². The van der Waals surface area contributed by atoms with Crippen molar-refractivity contribution in [2.24, 2.45) is 0 Å². The van der Waals surface area contributed by atoms with Gasteiger partial charge in [0, 0.05) is 24.3 Å². The Hall–Kier alpha value is -2.31. The molecule has 5 nitrogen and oxygen atoms in total. The summed E-state index contributed by atoms with van der Waals surface area (Å²) >= 11 is 1.77. The SMILES string of the molecule is CCc1ccc2nc(N(CCCCCNC3CCCC3)c3ccc(OC)c(OC)c3)sc2c1. The molecule has 3 aromatic rings. The van der Waals surface area contributed by atoms with Crippen LogP contribution in [0.5, 0.6) is 11.5 Å². The zero-order chi connectivity index (χ0) is 23.0. The van der Waals surface area contributed by atoms with E-state index in [2.05, 4.69) is 47.5 Å². The number of benzene rings is 2. The van der Waals surface area contributed by atoms with Crippen molar-refractivity contribution < 1.29 is 9.47 Å². The maximum atomic E-state index is 5.58. The van der Waals surface area contributed by atoms with Crippen molar-refractivity contribution in [1.82, 2.24) is 10.3 Å². The Morgan fingerprint density at radius 1 is 1.00 bits per heavy atom. The van der Waals surface area contributed by atoms with E-state index in [0.29, 0.717) is 0 Å². The maximum absolute atomic E-state index is 5.58. The van der Waals surface area contributed by atoms with Gasteiger partial charge in [-0.25, -0.2) is 4.98 Å². The molecule has 0 spiro atoms. The number of rotatable bonds is 12. The topological polar surface area (TPSA) is 46.6 Å². The molecule has 1 fully saturated rings. The van der Waals surface area contributed by atoms with Crippen LogP contribution in [-0.2, 0) is 6.42 Å². The van der Waals surface area contributed by atoms with Crippen LogP contribution >= 0.6 is 11.3 Å². The molecule has 33 heavy (non-hydrogen) atoms. The van der Waals surface area contributed by atoms with Crippen LogP contribution in [0.15, 0.2) is 36.4 Å². The fourth-order valence-corrected chi connectivity index (χ4v) is 5.70. The minimum Gasteiger partial charge on any atom is -0.493 e. The number of aromatic nitrogens is 1. The van der Waals surface area contributed by atoms with Gasteiger partial charge in [0.2, 0.25) is 0 Å². The summed E-state index contributed by atoms with van der Waals surface area (Å²) in [5, 5.41) is 4.77. The van der Waals surface area contributed by atoms with E-state index in [1.807, 2.05) is 6.07 Å². The Morgan fingerprint density at radius 3 is 2.58 bits per heavy atom. The smallest absolute Gasteiger partial charge is 0.190 e. The number of ether oxygens (including phenoxy) is 2. The zero-order valence-corrected chi connectivity index (χ0v) is 21.0. The predicted molar refractivity (Wildman–Crippen MR) is 140 cm³/mol. The lowest BCUT2D eigenvalue weighted by atomic mass is 10.2. The molecule has 2 aromatic carbocycles. The number of hydrogen-bond donors (Lipinski definition) is 1. The van der Waals surface area contributed by atoms with Gasteiger partial charge in [0.1, 0.15) is 0 Å². The fraction of sp³-hybridized carbons (Fsp3) is 0.519. The van der Waals surface area contributed by atoms with Crippen LogP contribution in [0.3, 0.4) is 0 Å². The average Bonchev–Trinajstić information content (AvgIpc) is 3.52. The van der Waals surface area contributed by atoms with Gasteiger partial charge in [-0.15, -0.1) is 0 Å². The predicted octanol–water partition coefficient (Wildman–Crippen LogP) is 6.72. The zero-order valence-electron chi connectivity index (χ0n) is 20.2. The summed E-state index contributed by atoms with van der Waals surface area (Å²) in [4.78, 5) is 7.33. The van der Waals surface area contributed by atoms with Crippen LogP contribution in [0.1, 0.15) is 57.4 Å². The minimum absolute atomic E-state index is 0.746. The summed E-state index contributed by atoms with van der Waals surface area (Å²) in [5.41, 5.74) is 3.51. The number of fused-ring (bicyclic) bond motifs is 1. The Balaban J connectivity index is 1.48. The largest absolute Gasteiger partial charge is 0.493 e. The van der Waals surface area contributed by atoms with E-state index < -0.39 is 0 Å². The molecule has 1 N–H and O–H groups in total. The van der Waals surface area contributed by atoms with Gasteiger partial charge in [0.25, 0.3) is 0 Å². The monoisotopic (exact) mass is 467 g/mol. The molecule has 0 bridgehead atoms. The van der Waals surface area contributed by atoms with Crippen molar-refractivity contribution in [3.8, 4) is 11.5 Å². The second kappa shape index (κ2) is 11.7. The van der Waals surface area contributed by atoms with Gasteiger partial charge in [-0.05, 0) is 68.5 Å². The highest BCUT2D eigenvalue weighted by atomic mass is 32.1. The Labute approximate surface area is 202 Å². The summed E-state index contributed by atoms with van der Waals surface area (Å²) in [5.74, 6) is 1.49. The van der Waals surface area contributed by atoms with Gasteiger partial charge in [-0.2, -0.15) is 0 Å². The summed E-state index contributed by atoms with van der Waals surface area (Å²) in [6, 6.07) is 13.5. The number of nitrogens with one attached hydrogen (secondary N) is 1. The van der Waals surface area contributed by atoms with Crippen LogP contribution in [0.4, 0.5) is 10.8 Å². The Morgan fingerprint density at radius 2 is 1.82 bits per heavy atom. The number of aryl methyl sites for hydroxylation is 1. The molecule has 0 unspecified atom stereocenters. The maximum Gasteiger partial charge on any atom is 0.190 e. The first-order valence-electron chi connectivity index (χ1n) is 12.3. The highest BCUT2D eigenvalue weighted by molar-refractivity contribution is 7.22. The van der Waals surface area contributed by atoms with Gasteiger partial charge in [0.15, 0.2) is 16.6 Å². The molecular weight excluding hydrogens is 430 g/mol. The Bertz CT molecular complexity index is 1030. The van der Waals surface area contributed by atoms with Gasteiger partial charge >= 0.3 is 0 Å². The molecule has 1 aliphatic carbocycles. The molecule has 4 rings (SSSR count). The molecule has 1 aromatic heterocycles. The first-order valence-corrected chi connectivity index (χ1v) is 13.2. The summed E-state index contributed by atoms with van der Waals surface area (Å²) in [6.07, 6.45) is 10.1. The molecule has 0 radical (unpaired) electrons. The lowest BCUT2D eigenvalue weighted by Crippen LogP contribution is -2.27. The van der Waals surface area contributed by atoms with Crippen molar-refractivity contribution in [3.63, 3.8) is 0 Å². The number of hydrogen-bond acceptors (Lipinski definition) is 6. The van der Waals surface area contributed by atoms with E-state index in [4.69, 9.17) is 14.5 Å². The van der Waals surface area contributed by atoms with E-state index in [1.54, 1.807) is 25.6 Å². The highest BCUT2D eigenvalue weighted by Crippen LogP contribution is 2.38. The first kappa shape index (κ1) is 23.8.